The Morgan fingerprint density at radius 1 is 1.33 bits per heavy atom. The van der Waals surface area contributed by atoms with Crippen molar-refractivity contribution in [1.82, 2.24) is 15.2 Å². The normalized spacial score (nSPS) is 22.4. The number of rotatable bonds is 3. The van der Waals surface area contributed by atoms with Crippen molar-refractivity contribution in [2.75, 3.05) is 18.0 Å². The van der Waals surface area contributed by atoms with Gasteiger partial charge in [-0.15, -0.1) is 10.2 Å². The number of aromatic nitrogens is 3. The van der Waals surface area contributed by atoms with E-state index in [2.05, 4.69) is 15.2 Å². The van der Waals surface area contributed by atoms with Gasteiger partial charge in [0, 0.05) is 13.1 Å². The molecule has 1 atom stereocenters. The summed E-state index contributed by atoms with van der Waals surface area (Å²) in [5.74, 6) is -0.212. The highest BCUT2D eigenvalue weighted by Gasteiger charge is 2.41. The number of para-hydroxylation sites is 1. The van der Waals surface area contributed by atoms with Crippen LogP contribution in [-0.2, 0) is 4.79 Å². The van der Waals surface area contributed by atoms with E-state index < -0.39 is 11.4 Å². The van der Waals surface area contributed by atoms with E-state index >= 15 is 0 Å². The van der Waals surface area contributed by atoms with Gasteiger partial charge in [0.15, 0.2) is 0 Å². The van der Waals surface area contributed by atoms with E-state index in [-0.39, 0.29) is 0 Å². The Hall–Kier alpha value is -2.24. The van der Waals surface area contributed by atoms with Crippen LogP contribution < -0.4 is 4.90 Å². The van der Waals surface area contributed by atoms with Gasteiger partial charge in [0.2, 0.25) is 5.95 Å². The van der Waals surface area contributed by atoms with Crippen LogP contribution in [0.2, 0.25) is 0 Å². The Labute approximate surface area is 122 Å². The van der Waals surface area contributed by atoms with Gasteiger partial charge in [-0.1, -0.05) is 19.1 Å². The highest BCUT2D eigenvalue weighted by Crippen LogP contribution is 2.34. The number of fused-ring (bicyclic) bond motifs is 1. The number of benzene rings is 1. The van der Waals surface area contributed by atoms with Crippen LogP contribution in [0.1, 0.15) is 26.2 Å². The van der Waals surface area contributed by atoms with E-state index in [9.17, 15) is 9.90 Å². The lowest BCUT2D eigenvalue weighted by Crippen LogP contribution is -2.48. The van der Waals surface area contributed by atoms with Crippen LogP contribution in [0, 0.1) is 5.41 Å². The fourth-order valence-corrected chi connectivity index (χ4v) is 2.92. The minimum atomic E-state index is -0.733. The number of hydrogen-bond donors (Lipinski definition) is 1. The number of nitrogens with zero attached hydrogens (tertiary/aromatic N) is 4. The molecule has 1 aliphatic rings. The molecular weight excluding hydrogens is 268 g/mol. The number of anilines is 1. The molecule has 0 spiro atoms. The largest absolute Gasteiger partial charge is 0.481 e. The number of carboxylic acid groups (broad SMARTS) is 1. The van der Waals surface area contributed by atoms with Crippen LogP contribution in [0.5, 0.6) is 0 Å². The van der Waals surface area contributed by atoms with Gasteiger partial charge in [-0.05, 0) is 31.4 Å². The summed E-state index contributed by atoms with van der Waals surface area (Å²) in [4.78, 5) is 18.1. The lowest BCUT2D eigenvalue weighted by molar-refractivity contribution is -0.149. The second kappa shape index (κ2) is 5.27. The summed E-state index contributed by atoms with van der Waals surface area (Å²) in [6.45, 7) is 3.14. The van der Waals surface area contributed by atoms with Crippen LogP contribution >= 0.6 is 0 Å². The van der Waals surface area contributed by atoms with Crippen molar-refractivity contribution in [3.8, 4) is 0 Å². The van der Waals surface area contributed by atoms with E-state index in [1.54, 1.807) is 0 Å². The molecule has 2 heterocycles. The first-order valence-corrected chi connectivity index (χ1v) is 7.22. The van der Waals surface area contributed by atoms with Gasteiger partial charge in [0.25, 0.3) is 0 Å². The number of piperidine rings is 1. The lowest BCUT2D eigenvalue weighted by Gasteiger charge is -2.39. The smallest absolute Gasteiger partial charge is 0.311 e. The summed E-state index contributed by atoms with van der Waals surface area (Å²) in [7, 11) is 0. The average molecular weight is 286 g/mol. The Bertz CT molecular complexity index is 676. The highest BCUT2D eigenvalue weighted by molar-refractivity contribution is 5.76. The van der Waals surface area contributed by atoms with Crippen LogP contribution in [0.4, 0.5) is 5.95 Å². The summed E-state index contributed by atoms with van der Waals surface area (Å²) in [6, 6.07) is 7.56. The highest BCUT2D eigenvalue weighted by atomic mass is 16.4. The van der Waals surface area contributed by atoms with Crippen molar-refractivity contribution in [3.63, 3.8) is 0 Å². The van der Waals surface area contributed by atoms with Crippen LogP contribution in [0.25, 0.3) is 11.0 Å². The van der Waals surface area contributed by atoms with Gasteiger partial charge in [-0.25, -0.2) is 4.98 Å². The number of carbonyl (C=O) groups is 1. The second-order valence-electron chi connectivity index (χ2n) is 5.56. The zero-order valence-corrected chi connectivity index (χ0v) is 12.0. The molecule has 1 fully saturated rings. The summed E-state index contributed by atoms with van der Waals surface area (Å²) < 4.78 is 0. The lowest BCUT2D eigenvalue weighted by atomic mass is 9.78. The van der Waals surface area contributed by atoms with Gasteiger partial charge >= 0.3 is 5.97 Å². The van der Waals surface area contributed by atoms with E-state index in [0.717, 1.165) is 24.0 Å². The average Bonchev–Trinajstić information content (AvgIpc) is 2.54. The van der Waals surface area contributed by atoms with Gasteiger partial charge in [0.05, 0.1) is 10.9 Å². The maximum atomic E-state index is 11.6. The molecule has 1 aromatic heterocycles. The molecule has 1 aliphatic heterocycles. The molecule has 0 amide bonds. The molecular formula is C15H18N4O2. The topological polar surface area (TPSA) is 79.2 Å². The predicted molar refractivity (Wildman–Crippen MR) is 79.1 cm³/mol. The van der Waals surface area contributed by atoms with Crippen molar-refractivity contribution < 1.29 is 9.90 Å². The van der Waals surface area contributed by atoms with Crippen LogP contribution in [-0.4, -0.2) is 39.3 Å². The van der Waals surface area contributed by atoms with Crippen molar-refractivity contribution in [1.29, 1.82) is 0 Å². The Kier molecular flexibility index (Phi) is 3.45. The maximum absolute atomic E-state index is 11.6. The SMILES string of the molecule is CCC1(C(=O)O)CCCN(c2nnc3ccccc3n2)C1. The van der Waals surface area contributed by atoms with Gasteiger partial charge in [-0.3, -0.25) is 4.79 Å². The molecule has 0 radical (unpaired) electrons. The van der Waals surface area contributed by atoms with Gasteiger partial charge in [-0.2, -0.15) is 0 Å². The summed E-state index contributed by atoms with van der Waals surface area (Å²) in [5.41, 5.74) is 0.830. The Balaban J connectivity index is 1.92. The van der Waals surface area contributed by atoms with Crippen molar-refractivity contribution in [2.45, 2.75) is 26.2 Å². The summed E-state index contributed by atoms with van der Waals surface area (Å²) in [6.07, 6.45) is 2.15. The molecule has 21 heavy (non-hydrogen) atoms. The maximum Gasteiger partial charge on any atom is 0.311 e. The minimum absolute atomic E-state index is 0.443. The molecule has 110 valence electrons. The zero-order chi connectivity index (χ0) is 14.9. The quantitative estimate of drug-likeness (QED) is 0.931. The monoisotopic (exact) mass is 286 g/mol. The zero-order valence-electron chi connectivity index (χ0n) is 12.0. The first kappa shape index (κ1) is 13.7. The van der Waals surface area contributed by atoms with Crippen molar-refractivity contribution in [3.05, 3.63) is 24.3 Å². The van der Waals surface area contributed by atoms with Crippen molar-refractivity contribution >= 4 is 23.0 Å². The van der Waals surface area contributed by atoms with E-state index in [0.29, 0.717) is 25.3 Å². The van der Waals surface area contributed by atoms with Crippen LogP contribution in [0.15, 0.2) is 24.3 Å². The first-order valence-electron chi connectivity index (χ1n) is 7.22. The molecule has 1 unspecified atom stereocenters. The molecule has 2 aromatic rings. The fourth-order valence-electron chi connectivity index (χ4n) is 2.92. The molecule has 6 nitrogen and oxygen atoms in total. The third-order valence-electron chi connectivity index (χ3n) is 4.34. The molecule has 1 aromatic carbocycles. The Morgan fingerprint density at radius 2 is 2.10 bits per heavy atom. The fraction of sp³-hybridized carbons (Fsp3) is 0.467. The number of carboxylic acids is 1. The molecule has 0 bridgehead atoms. The predicted octanol–water partition coefficient (Wildman–Crippen LogP) is 2.11. The van der Waals surface area contributed by atoms with Gasteiger partial charge in [0.1, 0.15) is 5.52 Å². The van der Waals surface area contributed by atoms with Gasteiger partial charge < -0.3 is 10.0 Å². The van der Waals surface area contributed by atoms with Crippen LogP contribution in [0.3, 0.4) is 0 Å². The summed E-state index contributed by atoms with van der Waals surface area (Å²) in [5, 5.41) is 17.9. The number of aliphatic carboxylic acids is 1. The van der Waals surface area contributed by atoms with Crippen molar-refractivity contribution in [2.24, 2.45) is 5.41 Å². The van der Waals surface area contributed by atoms with E-state index in [4.69, 9.17) is 0 Å². The molecule has 0 aliphatic carbocycles. The molecule has 3 rings (SSSR count). The molecule has 1 saturated heterocycles. The van der Waals surface area contributed by atoms with E-state index in [1.165, 1.54) is 0 Å². The van der Waals surface area contributed by atoms with E-state index in [1.807, 2.05) is 36.1 Å². The number of hydrogen-bond acceptors (Lipinski definition) is 5. The first-order chi connectivity index (χ1) is 10.1. The Morgan fingerprint density at radius 3 is 2.81 bits per heavy atom. The molecule has 1 N–H and O–H groups in total. The third-order valence-corrected chi connectivity index (χ3v) is 4.34. The summed E-state index contributed by atoms with van der Waals surface area (Å²) >= 11 is 0. The standard InChI is InChI=1S/C15H18N4O2/c1-2-15(13(20)21)8-5-9-19(10-15)14-16-11-6-3-4-7-12(11)17-18-14/h3-4,6-7H,2,5,8-10H2,1H3,(H,20,21). The second-order valence-corrected chi connectivity index (χ2v) is 5.56. The molecule has 6 heteroatoms. The molecule has 0 saturated carbocycles. The third kappa shape index (κ3) is 2.41. The minimum Gasteiger partial charge on any atom is -0.481 e.